The van der Waals surface area contributed by atoms with Gasteiger partial charge in [-0.15, -0.1) is 0 Å². The third-order valence-corrected chi connectivity index (χ3v) is 6.78. The van der Waals surface area contributed by atoms with E-state index in [1.165, 1.54) is 38.5 Å². The van der Waals surface area contributed by atoms with Crippen molar-refractivity contribution in [1.82, 2.24) is 13.9 Å². The van der Waals surface area contributed by atoms with Crippen molar-refractivity contribution in [2.75, 3.05) is 26.7 Å². The van der Waals surface area contributed by atoms with Crippen LogP contribution < -0.4 is 5.32 Å². The molecule has 2 unspecified atom stereocenters. The molecule has 5 heteroatoms. The Morgan fingerprint density at radius 3 is 2.36 bits per heavy atom. The third kappa shape index (κ3) is 4.53. The molecule has 1 aliphatic carbocycles. The van der Waals surface area contributed by atoms with E-state index in [1.54, 1.807) is 0 Å². The Labute approximate surface area is 139 Å². The maximum atomic E-state index is 13.2. The van der Waals surface area contributed by atoms with Gasteiger partial charge in [0.25, 0.3) is 0 Å². The molecule has 2 aliphatic rings. The van der Waals surface area contributed by atoms with E-state index in [0.29, 0.717) is 12.1 Å². The van der Waals surface area contributed by atoms with Crippen LogP contribution in [0, 0.1) is 5.41 Å². The van der Waals surface area contributed by atoms with Crippen molar-refractivity contribution in [2.24, 2.45) is 5.41 Å². The predicted octanol–water partition coefficient (Wildman–Crippen LogP) is 2.93. The Balaban J connectivity index is 2.16. The number of likely N-dealkylation sites (N-methyl/N-ethyl adjacent to an activating group) is 1. The molecule has 130 valence electrons. The Bertz CT molecular complexity index is 367. The summed E-state index contributed by atoms with van der Waals surface area (Å²) in [6.45, 7) is 9.67. The maximum Gasteiger partial charge on any atom is 0.173 e. The van der Waals surface area contributed by atoms with E-state index in [4.69, 9.17) is 0 Å². The summed E-state index contributed by atoms with van der Waals surface area (Å²) in [6, 6.07) is 0.871. The third-order valence-electron chi connectivity index (χ3n) is 5.12. The van der Waals surface area contributed by atoms with Gasteiger partial charge in [0.1, 0.15) is 0 Å². The molecule has 1 aliphatic heterocycles. The lowest BCUT2D eigenvalue weighted by atomic mass is 9.91. The first-order chi connectivity index (χ1) is 10.5. The lowest BCUT2D eigenvalue weighted by Gasteiger charge is -2.48. The SMILES string of the molecule is CCC(CNC)N1CC(C)(C)CN(C2CCCCCC2)S1=O. The molecule has 22 heavy (non-hydrogen) atoms. The Hall–Kier alpha value is 0.0300. The minimum atomic E-state index is -0.972. The highest BCUT2D eigenvalue weighted by atomic mass is 32.2. The van der Waals surface area contributed by atoms with Crippen molar-refractivity contribution in [1.29, 1.82) is 0 Å². The minimum Gasteiger partial charge on any atom is -0.318 e. The summed E-state index contributed by atoms with van der Waals surface area (Å²) < 4.78 is 17.8. The summed E-state index contributed by atoms with van der Waals surface area (Å²) in [6.07, 6.45) is 8.78. The molecule has 0 amide bonds. The molecule has 0 bridgehead atoms. The molecule has 1 saturated heterocycles. The molecular weight excluding hydrogens is 294 g/mol. The number of rotatable bonds is 5. The van der Waals surface area contributed by atoms with Crippen LogP contribution in [-0.2, 0) is 11.2 Å². The quantitative estimate of drug-likeness (QED) is 0.787. The highest BCUT2D eigenvalue weighted by Gasteiger charge is 2.42. The van der Waals surface area contributed by atoms with Crippen LogP contribution in [0.15, 0.2) is 0 Å². The van der Waals surface area contributed by atoms with Crippen molar-refractivity contribution in [3.05, 3.63) is 0 Å². The fourth-order valence-corrected chi connectivity index (χ4v) is 6.02. The van der Waals surface area contributed by atoms with Gasteiger partial charge in [-0.25, -0.2) is 12.8 Å². The molecule has 0 spiro atoms. The van der Waals surface area contributed by atoms with Crippen molar-refractivity contribution >= 4 is 11.2 Å². The molecule has 4 nitrogen and oxygen atoms in total. The van der Waals surface area contributed by atoms with Gasteiger partial charge in [0.05, 0.1) is 0 Å². The lowest BCUT2D eigenvalue weighted by molar-refractivity contribution is 0.120. The highest BCUT2D eigenvalue weighted by Crippen LogP contribution is 2.33. The summed E-state index contributed by atoms with van der Waals surface area (Å²) in [5.74, 6) is 0. The summed E-state index contributed by atoms with van der Waals surface area (Å²) in [7, 11) is 1.99. The van der Waals surface area contributed by atoms with Crippen LogP contribution >= 0.6 is 0 Å². The first-order valence-electron chi connectivity index (χ1n) is 9.08. The molecule has 2 fully saturated rings. The maximum absolute atomic E-state index is 13.2. The van der Waals surface area contributed by atoms with Gasteiger partial charge in [0.2, 0.25) is 0 Å². The fourth-order valence-electron chi connectivity index (χ4n) is 3.88. The molecule has 0 aromatic rings. The van der Waals surface area contributed by atoms with Crippen LogP contribution in [0.3, 0.4) is 0 Å². The molecule has 1 N–H and O–H groups in total. The molecule has 1 heterocycles. The Morgan fingerprint density at radius 1 is 1.18 bits per heavy atom. The zero-order valence-corrected chi connectivity index (χ0v) is 15.8. The van der Waals surface area contributed by atoms with Crippen LogP contribution in [0.5, 0.6) is 0 Å². The number of nitrogens with zero attached hydrogens (tertiary/aromatic N) is 2. The first kappa shape index (κ1) is 18.4. The summed E-state index contributed by atoms with van der Waals surface area (Å²) in [4.78, 5) is 0. The summed E-state index contributed by atoms with van der Waals surface area (Å²) in [5.41, 5.74) is 0.210. The largest absolute Gasteiger partial charge is 0.318 e. The second-order valence-electron chi connectivity index (χ2n) is 7.81. The molecule has 2 atom stereocenters. The monoisotopic (exact) mass is 329 g/mol. The topological polar surface area (TPSA) is 35.6 Å². The second-order valence-corrected chi connectivity index (χ2v) is 9.21. The number of nitrogens with one attached hydrogen (secondary N) is 1. The van der Waals surface area contributed by atoms with Crippen molar-refractivity contribution < 1.29 is 4.21 Å². The van der Waals surface area contributed by atoms with Crippen LogP contribution in [0.25, 0.3) is 0 Å². The molecule has 0 aromatic heterocycles. The van der Waals surface area contributed by atoms with Gasteiger partial charge in [0, 0.05) is 31.7 Å². The van der Waals surface area contributed by atoms with Crippen molar-refractivity contribution in [2.45, 2.75) is 77.8 Å². The zero-order valence-electron chi connectivity index (χ0n) is 14.9. The normalized spacial score (nSPS) is 30.1. The standard InChI is InChI=1S/C17H35N3OS/c1-5-15(12-18-4)19-13-17(2,3)14-20(22(19)21)16-10-8-6-7-9-11-16/h15-16,18H,5-14H2,1-4H3. The van der Waals surface area contributed by atoms with Gasteiger partial charge in [-0.05, 0) is 31.7 Å². The smallest absolute Gasteiger partial charge is 0.173 e. The van der Waals surface area contributed by atoms with Gasteiger partial charge in [0.15, 0.2) is 11.2 Å². The average Bonchev–Trinajstić information content (AvgIpc) is 2.76. The summed E-state index contributed by atoms with van der Waals surface area (Å²) >= 11 is -0.972. The van der Waals surface area contributed by atoms with E-state index in [-0.39, 0.29) is 5.41 Å². The van der Waals surface area contributed by atoms with E-state index in [1.807, 2.05) is 7.05 Å². The first-order valence-corrected chi connectivity index (χ1v) is 10.1. The molecule has 1 saturated carbocycles. The highest BCUT2D eigenvalue weighted by molar-refractivity contribution is 7.80. The average molecular weight is 330 g/mol. The van der Waals surface area contributed by atoms with E-state index in [0.717, 1.165) is 26.1 Å². The van der Waals surface area contributed by atoms with Gasteiger partial charge in [-0.3, -0.25) is 0 Å². The molecule has 0 radical (unpaired) electrons. The van der Waals surface area contributed by atoms with E-state index < -0.39 is 11.2 Å². The minimum absolute atomic E-state index is 0.210. The number of hydrogen-bond acceptors (Lipinski definition) is 2. The Kier molecular flexibility index (Phi) is 6.87. The molecular formula is C17H35N3OS. The van der Waals surface area contributed by atoms with Gasteiger partial charge in [-0.2, -0.15) is 0 Å². The fraction of sp³-hybridized carbons (Fsp3) is 1.00. The second kappa shape index (κ2) is 8.22. The van der Waals surface area contributed by atoms with E-state index >= 15 is 0 Å². The van der Waals surface area contributed by atoms with Gasteiger partial charge in [-0.1, -0.05) is 46.5 Å². The molecule has 0 aromatic carbocycles. The zero-order chi connectivity index (χ0) is 16.2. The van der Waals surface area contributed by atoms with E-state index in [9.17, 15) is 4.21 Å². The van der Waals surface area contributed by atoms with Crippen LogP contribution in [0.1, 0.15) is 65.7 Å². The predicted molar refractivity (Wildman–Crippen MR) is 94.8 cm³/mol. The van der Waals surface area contributed by atoms with Crippen LogP contribution in [-0.4, -0.2) is 51.6 Å². The lowest BCUT2D eigenvalue weighted by Crippen LogP contribution is -2.60. The van der Waals surface area contributed by atoms with Crippen LogP contribution in [0.4, 0.5) is 0 Å². The van der Waals surface area contributed by atoms with Crippen LogP contribution in [0.2, 0.25) is 0 Å². The number of hydrogen-bond donors (Lipinski definition) is 1. The Morgan fingerprint density at radius 2 is 1.82 bits per heavy atom. The molecule has 2 rings (SSSR count). The van der Waals surface area contributed by atoms with E-state index in [2.05, 4.69) is 34.7 Å². The van der Waals surface area contributed by atoms with Gasteiger partial charge >= 0.3 is 0 Å². The van der Waals surface area contributed by atoms with Gasteiger partial charge < -0.3 is 5.32 Å². The van der Waals surface area contributed by atoms with Crippen molar-refractivity contribution in [3.63, 3.8) is 0 Å². The summed E-state index contributed by atoms with van der Waals surface area (Å²) in [5, 5.41) is 3.27. The van der Waals surface area contributed by atoms with Crippen molar-refractivity contribution in [3.8, 4) is 0 Å².